The number of hydrogen-bond acceptors (Lipinski definition) is 0. The van der Waals surface area contributed by atoms with Crippen LogP contribution in [0.2, 0.25) is 0 Å². The molecule has 0 heterocycles. The summed E-state index contributed by atoms with van der Waals surface area (Å²) in [6.07, 6.45) is 8.45. The standard InChI is InChI=1S/C6H11P/c7-6-4-2-1-3-5-6/h1-2,6H,3-5,7H2. The molecule has 1 rings (SSSR count). The number of allylic oxidation sites excluding steroid dienone is 2. The Morgan fingerprint density at radius 2 is 2.29 bits per heavy atom. The van der Waals surface area contributed by atoms with Gasteiger partial charge in [0.2, 0.25) is 0 Å². The molecule has 0 aromatic carbocycles. The summed E-state index contributed by atoms with van der Waals surface area (Å²) in [7, 11) is 2.85. The van der Waals surface area contributed by atoms with Crippen LogP contribution < -0.4 is 0 Å². The van der Waals surface area contributed by atoms with E-state index in [1.165, 1.54) is 19.3 Å². The van der Waals surface area contributed by atoms with E-state index in [9.17, 15) is 0 Å². The molecule has 0 saturated carbocycles. The molecule has 0 aliphatic heterocycles. The lowest BCUT2D eigenvalue weighted by Gasteiger charge is -2.09. The molecule has 0 aromatic heterocycles. The van der Waals surface area contributed by atoms with Gasteiger partial charge in [0.25, 0.3) is 0 Å². The molecule has 1 aliphatic rings. The van der Waals surface area contributed by atoms with Crippen LogP contribution >= 0.6 is 9.24 Å². The van der Waals surface area contributed by atoms with E-state index in [1.807, 2.05) is 0 Å². The lowest BCUT2D eigenvalue weighted by molar-refractivity contribution is 0.749. The Balaban J connectivity index is 2.32. The van der Waals surface area contributed by atoms with Gasteiger partial charge in [-0.1, -0.05) is 12.2 Å². The van der Waals surface area contributed by atoms with Gasteiger partial charge in [0.15, 0.2) is 0 Å². The van der Waals surface area contributed by atoms with Gasteiger partial charge in [0, 0.05) is 0 Å². The molecule has 0 fully saturated rings. The second-order valence-corrected chi connectivity index (χ2v) is 2.99. The van der Waals surface area contributed by atoms with Crippen LogP contribution in [0.1, 0.15) is 19.3 Å². The molecule has 2 atom stereocenters. The highest BCUT2D eigenvalue weighted by Crippen LogP contribution is 2.17. The molecule has 0 amide bonds. The van der Waals surface area contributed by atoms with Crippen LogP contribution in [0.3, 0.4) is 0 Å². The predicted octanol–water partition coefficient (Wildman–Crippen LogP) is 1.97. The third-order valence-corrected chi connectivity index (χ3v) is 1.92. The Morgan fingerprint density at radius 1 is 1.43 bits per heavy atom. The van der Waals surface area contributed by atoms with Crippen molar-refractivity contribution in [3.8, 4) is 0 Å². The van der Waals surface area contributed by atoms with Crippen molar-refractivity contribution in [1.29, 1.82) is 0 Å². The first-order chi connectivity index (χ1) is 3.39. The van der Waals surface area contributed by atoms with E-state index in [0.29, 0.717) is 0 Å². The van der Waals surface area contributed by atoms with Crippen molar-refractivity contribution in [1.82, 2.24) is 0 Å². The molecule has 2 unspecified atom stereocenters. The quantitative estimate of drug-likeness (QED) is 0.333. The second-order valence-electron chi connectivity index (χ2n) is 2.04. The fourth-order valence-corrected chi connectivity index (χ4v) is 1.17. The molecule has 1 heteroatoms. The van der Waals surface area contributed by atoms with Gasteiger partial charge in [0.05, 0.1) is 0 Å². The maximum Gasteiger partial charge on any atom is -0.0227 e. The minimum atomic E-state index is 0.866. The van der Waals surface area contributed by atoms with Crippen molar-refractivity contribution < 1.29 is 0 Å². The molecule has 40 valence electrons. The third kappa shape index (κ3) is 1.61. The van der Waals surface area contributed by atoms with E-state index in [-0.39, 0.29) is 0 Å². The average molecular weight is 114 g/mol. The van der Waals surface area contributed by atoms with Gasteiger partial charge in [-0.2, -0.15) is 0 Å². The fraction of sp³-hybridized carbons (Fsp3) is 0.667. The Kier molecular flexibility index (Phi) is 1.87. The van der Waals surface area contributed by atoms with E-state index < -0.39 is 0 Å². The van der Waals surface area contributed by atoms with Crippen molar-refractivity contribution in [3.05, 3.63) is 12.2 Å². The maximum atomic E-state index is 2.85. The summed E-state index contributed by atoms with van der Waals surface area (Å²) in [5.74, 6) is 0. The zero-order chi connectivity index (χ0) is 5.11. The summed E-state index contributed by atoms with van der Waals surface area (Å²) in [4.78, 5) is 0. The van der Waals surface area contributed by atoms with Crippen molar-refractivity contribution in [2.75, 3.05) is 0 Å². The summed E-state index contributed by atoms with van der Waals surface area (Å²) in [5.41, 5.74) is 0.866. The van der Waals surface area contributed by atoms with Crippen molar-refractivity contribution >= 4 is 9.24 Å². The number of rotatable bonds is 0. The van der Waals surface area contributed by atoms with Crippen molar-refractivity contribution in [2.24, 2.45) is 0 Å². The predicted molar refractivity (Wildman–Crippen MR) is 36.5 cm³/mol. The van der Waals surface area contributed by atoms with Crippen LogP contribution in [0, 0.1) is 0 Å². The highest BCUT2D eigenvalue weighted by atomic mass is 31.0. The van der Waals surface area contributed by atoms with Gasteiger partial charge < -0.3 is 0 Å². The zero-order valence-electron chi connectivity index (χ0n) is 4.43. The Morgan fingerprint density at radius 3 is 2.57 bits per heavy atom. The van der Waals surface area contributed by atoms with E-state index in [4.69, 9.17) is 0 Å². The third-order valence-electron chi connectivity index (χ3n) is 1.31. The van der Waals surface area contributed by atoms with Gasteiger partial charge in [-0.25, -0.2) is 0 Å². The van der Waals surface area contributed by atoms with Crippen LogP contribution in [-0.4, -0.2) is 5.66 Å². The summed E-state index contributed by atoms with van der Waals surface area (Å²) >= 11 is 0. The van der Waals surface area contributed by atoms with Gasteiger partial charge in [0.1, 0.15) is 0 Å². The molecule has 0 spiro atoms. The maximum absolute atomic E-state index is 2.85. The average Bonchev–Trinajstić information content (AvgIpc) is 1.69. The van der Waals surface area contributed by atoms with Crippen LogP contribution in [0.25, 0.3) is 0 Å². The van der Waals surface area contributed by atoms with Gasteiger partial charge in [-0.3, -0.25) is 0 Å². The van der Waals surface area contributed by atoms with E-state index in [0.717, 1.165) is 5.66 Å². The molecule has 0 nitrogen and oxygen atoms in total. The molecular formula is C6H11P. The molecule has 0 aromatic rings. The summed E-state index contributed by atoms with van der Waals surface area (Å²) in [6.45, 7) is 0. The molecule has 0 radical (unpaired) electrons. The highest BCUT2D eigenvalue weighted by Gasteiger charge is 2.00. The lowest BCUT2D eigenvalue weighted by atomic mass is 10.1. The monoisotopic (exact) mass is 114 g/mol. The van der Waals surface area contributed by atoms with Crippen LogP contribution in [0.5, 0.6) is 0 Å². The molecule has 0 saturated heterocycles. The smallest absolute Gasteiger partial charge is 0.0227 e. The highest BCUT2D eigenvalue weighted by molar-refractivity contribution is 7.17. The first-order valence-electron chi connectivity index (χ1n) is 2.80. The first kappa shape index (κ1) is 5.31. The van der Waals surface area contributed by atoms with Gasteiger partial charge in [-0.15, -0.1) is 9.24 Å². The Bertz CT molecular complexity index is 76.2. The fourth-order valence-electron chi connectivity index (χ4n) is 0.817. The summed E-state index contributed by atoms with van der Waals surface area (Å²) in [6, 6.07) is 0. The van der Waals surface area contributed by atoms with Crippen LogP contribution in [0.4, 0.5) is 0 Å². The van der Waals surface area contributed by atoms with E-state index in [2.05, 4.69) is 21.4 Å². The SMILES string of the molecule is PC1CC=CCC1. The lowest BCUT2D eigenvalue weighted by Crippen LogP contribution is -1.97. The van der Waals surface area contributed by atoms with Crippen molar-refractivity contribution in [3.63, 3.8) is 0 Å². The van der Waals surface area contributed by atoms with Gasteiger partial charge in [-0.05, 0) is 24.9 Å². The largest absolute Gasteiger partial charge is 0.134 e. The van der Waals surface area contributed by atoms with E-state index >= 15 is 0 Å². The Labute approximate surface area is 47.2 Å². The molecule has 0 bridgehead atoms. The second kappa shape index (κ2) is 2.47. The minimum absolute atomic E-state index is 0.866. The zero-order valence-corrected chi connectivity index (χ0v) is 5.59. The van der Waals surface area contributed by atoms with E-state index in [1.54, 1.807) is 0 Å². The summed E-state index contributed by atoms with van der Waals surface area (Å²) < 4.78 is 0. The van der Waals surface area contributed by atoms with Crippen LogP contribution in [0.15, 0.2) is 12.2 Å². The number of hydrogen-bond donors (Lipinski definition) is 0. The molecule has 1 aliphatic carbocycles. The molecular weight excluding hydrogens is 103 g/mol. The Hall–Kier alpha value is 0.170. The molecule has 0 N–H and O–H groups in total. The first-order valence-corrected chi connectivity index (χ1v) is 3.47. The van der Waals surface area contributed by atoms with Crippen molar-refractivity contribution in [2.45, 2.75) is 24.9 Å². The van der Waals surface area contributed by atoms with Gasteiger partial charge >= 0.3 is 0 Å². The summed E-state index contributed by atoms with van der Waals surface area (Å²) in [5, 5.41) is 0. The minimum Gasteiger partial charge on any atom is -0.134 e. The molecule has 7 heavy (non-hydrogen) atoms. The van der Waals surface area contributed by atoms with Crippen LogP contribution in [-0.2, 0) is 0 Å². The normalized spacial score (nSPS) is 30.7. The topological polar surface area (TPSA) is 0 Å².